The van der Waals surface area contributed by atoms with E-state index in [1.54, 1.807) is 19.2 Å². The summed E-state index contributed by atoms with van der Waals surface area (Å²) in [5.41, 5.74) is 0.959. The highest BCUT2D eigenvalue weighted by Crippen LogP contribution is 2.03. The summed E-state index contributed by atoms with van der Waals surface area (Å²) in [5, 5.41) is 2.64. The molecule has 0 radical (unpaired) electrons. The Bertz CT molecular complexity index is 450. The van der Waals surface area contributed by atoms with E-state index in [1.807, 2.05) is 0 Å². The van der Waals surface area contributed by atoms with E-state index in [0.717, 1.165) is 0 Å². The Morgan fingerprint density at radius 2 is 2.10 bits per heavy atom. The zero-order chi connectivity index (χ0) is 14.8. The highest BCUT2D eigenvalue weighted by atomic mass is 16.5. The molecule has 0 aromatic carbocycles. The first-order chi connectivity index (χ1) is 9.67. The molecular formula is C13H18N2O5. The van der Waals surface area contributed by atoms with Crippen molar-refractivity contribution in [2.45, 2.75) is 6.54 Å². The molecule has 1 aromatic heterocycles. The van der Waals surface area contributed by atoms with E-state index in [4.69, 9.17) is 9.47 Å². The Morgan fingerprint density at radius 3 is 2.80 bits per heavy atom. The van der Waals surface area contributed by atoms with Crippen LogP contribution in [0.2, 0.25) is 0 Å². The molecule has 0 fully saturated rings. The average Bonchev–Trinajstić information content (AvgIpc) is 2.49. The SMILES string of the molecule is COCCOCC(=O)NCc1cc(C(=O)OC)ccn1. The normalized spacial score (nSPS) is 10.1. The van der Waals surface area contributed by atoms with Crippen molar-refractivity contribution in [3.8, 4) is 0 Å². The predicted octanol–water partition coefficient (Wildman–Crippen LogP) is 0.147. The summed E-state index contributed by atoms with van der Waals surface area (Å²) in [6, 6.07) is 3.11. The summed E-state index contributed by atoms with van der Waals surface area (Å²) in [5.74, 6) is -0.700. The van der Waals surface area contributed by atoms with Gasteiger partial charge in [-0.2, -0.15) is 0 Å². The number of pyridine rings is 1. The molecule has 1 heterocycles. The number of carbonyl (C=O) groups excluding carboxylic acids is 2. The number of ether oxygens (including phenoxy) is 3. The van der Waals surface area contributed by atoms with Crippen molar-refractivity contribution in [1.29, 1.82) is 0 Å². The average molecular weight is 282 g/mol. The van der Waals surface area contributed by atoms with E-state index in [2.05, 4.69) is 15.0 Å². The van der Waals surface area contributed by atoms with E-state index in [1.165, 1.54) is 13.3 Å². The largest absolute Gasteiger partial charge is 0.465 e. The highest BCUT2D eigenvalue weighted by Gasteiger charge is 2.07. The first kappa shape index (κ1) is 16.1. The van der Waals surface area contributed by atoms with Gasteiger partial charge in [-0.3, -0.25) is 9.78 Å². The molecule has 0 aliphatic rings. The van der Waals surface area contributed by atoms with Crippen molar-refractivity contribution in [3.63, 3.8) is 0 Å². The molecule has 0 bridgehead atoms. The lowest BCUT2D eigenvalue weighted by atomic mass is 10.2. The molecule has 20 heavy (non-hydrogen) atoms. The minimum absolute atomic E-state index is 0.0416. The molecule has 110 valence electrons. The van der Waals surface area contributed by atoms with Crippen LogP contribution in [-0.4, -0.2) is 50.9 Å². The first-order valence-electron chi connectivity index (χ1n) is 6.04. The van der Waals surface area contributed by atoms with Crippen molar-refractivity contribution < 1.29 is 23.8 Å². The van der Waals surface area contributed by atoms with Gasteiger partial charge in [0.2, 0.25) is 5.91 Å². The van der Waals surface area contributed by atoms with Crippen molar-refractivity contribution >= 4 is 11.9 Å². The topological polar surface area (TPSA) is 86.8 Å². The van der Waals surface area contributed by atoms with Gasteiger partial charge in [-0.1, -0.05) is 0 Å². The highest BCUT2D eigenvalue weighted by molar-refractivity contribution is 5.89. The summed E-state index contributed by atoms with van der Waals surface area (Å²) in [6.07, 6.45) is 1.49. The molecule has 7 heteroatoms. The number of nitrogens with zero attached hydrogens (tertiary/aromatic N) is 1. The van der Waals surface area contributed by atoms with Crippen molar-refractivity contribution in [2.24, 2.45) is 0 Å². The van der Waals surface area contributed by atoms with E-state index in [0.29, 0.717) is 24.5 Å². The third-order valence-corrected chi connectivity index (χ3v) is 2.37. The minimum atomic E-state index is -0.442. The van der Waals surface area contributed by atoms with Crippen LogP contribution in [0.3, 0.4) is 0 Å². The number of hydrogen-bond donors (Lipinski definition) is 1. The fraction of sp³-hybridized carbons (Fsp3) is 0.462. The number of rotatable bonds is 8. The maximum atomic E-state index is 11.5. The molecule has 0 saturated carbocycles. The van der Waals surface area contributed by atoms with Gasteiger partial charge < -0.3 is 19.5 Å². The summed E-state index contributed by atoms with van der Waals surface area (Å²) in [7, 11) is 2.87. The summed E-state index contributed by atoms with van der Waals surface area (Å²) in [4.78, 5) is 26.9. The molecule has 1 N–H and O–H groups in total. The van der Waals surface area contributed by atoms with Crippen LogP contribution in [-0.2, 0) is 25.5 Å². The minimum Gasteiger partial charge on any atom is -0.465 e. The van der Waals surface area contributed by atoms with Crippen LogP contribution in [0.15, 0.2) is 18.3 Å². The summed E-state index contributed by atoms with van der Waals surface area (Å²) in [6.45, 7) is 0.980. The standard InChI is InChI=1S/C13H18N2O5/c1-18-5-6-20-9-12(16)15-8-11-7-10(3-4-14-11)13(17)19-2/h3-4,7H,5-6,8-9H2,1-2H3,(H,15,16). The van der Waals surface area contributed by atoms with Crippen LogP contribution in [0.1, 0.15) is 16.1 Å². The van der Waals surface area contributed by atoms with Crippen LogP contribution in [0, 0.1) is 0 Å². The maximum Gasteiger partial charge on any atom is 0.337 e. The molecule has 7 nitrogen and oxygen atoms in total. The molecule has 0 aliphatic heterocycles. The van der Waals surface area contributed by atoms with Crippen LogP contribution in [0.25, 0.3) is 0 Å². The van der Waals surface area contributed by atoms with Crippen molar-refractivity contribution in [3.05, 3.63) is 29.6 Å². The van der Waals surface area contributed by atoms with E-state index in [9.17, 15) is 9.59 Å². The number of hydrogen-bond acceptors (Lipinski definition) is 6. The monoisotopic (exact) mass is 282 g/mol. The third-order valence-electron chi connectivity index (χ3n) is 2.37. The van der Waals surface area contributed by atoms with Gasteiger partial charge in [0.25, 0.3) is 0 Å². The Morgan fingerprint density at radius 1 is 1.30 bits per heavy atom. The number of amides is 1. The lowest BCUT2D eigenvalue weighted by molar-refractivity contribution is -0.126. The second kappa shape index (κ2) is 9.00. The smallest absolute Gasteiger partial charge is 0.337 e. The molecule has 0 unspecified atom stereocenters. The molecular weight excluding hydrogens is 264 g/mol. The van der Waals surface area contributed by atoms with Crippen molar-refractivity contribution in [2.75, 3.05) is 34.0 Å². The second-order valence-corrected chi connectivity index (χ2v) is 3.85. The van der Waals surface area contributed by atoms with E-state index < -0.39 is 5.97 Å². The molecule has 0 saturated heterocycles. The predicted molar refractivity (Wildman–Crippen MR) is 70.1 cm³/mol. The molecule has 0 atom stereocenters. The van der Waals surface area contributed by atoms with Crippen LogP contribution >= 0.6 is 0 Å². The number of methoxy groups -OCH3 is 2. The maximum absolute atomic E-state index is 11.5. The third kappa shape index (κ3) is 5.77. The first-order valence-corrected chi connectivity index (χ1v) is 6.04. The van der Waals surface area contributed by atoms with E-state index >= 15 is 0 Å². The summed E-state index contributed by atoms with van der Waals surface area (Å²) < 4.78 is 14.5. The fourth-order valence-corrected chi connectivity index (χ4v) is 1.37. The van der Waals surface area contributed by atoms with Gasteiger partial charge in [-0.05, 0) is 12.1 Å². The lowest BCUT2D eigenvalue weighted by Gasteiger charge is -2.06. The fourth-order valence-electron chi connectivity index (χ4n) is 1.37. The van der Waals surface area contributed by atoms with Gasteiger partial charge in [0.05, 0.1) is 38.1 Å². The van der Waals surface area contributed by atoms with Crippen LogP contribution < -0.4 is 5.32 Å². The Labute approximate surface area is 117 Å². The van der Waals surface area contributed by atoms with Crippen LogP contribution in [0.5, 0.6) is 0 Å². The Hall–Kier alpha value is -1.99. The molecule has 1 aromatic rings. The Kier molecular flexibility index (Phi) is 7.23. The van der Waals surface area contributed by atoms with Gasteiger partial charge in [-0.25, -0.2) is 4.79 Å². The number of carbonyl (C=O) groups is 2. The molecule has 1 amide bonds. The van der Waals surface area contributed by atoms with E-state index in [-0.39, 0.29) is 19.1 Å². The number of esters is 1. The van der Waals surface area contributed by atoms with Crippen molar-refractivity contribution in [1.82, 2.24) is 10.3 Å². The second-order valence-electron chi connectivity index (χ2n) is 3.85. The number of aromatic nitrogens is 1. The lowest BCUT2D eigenvalue weighted by Crippen LogP contribution is -2.28. The number of nitrogens with one attached hydrogen (secondary N) is 1. The van der Waals surface area contributed by atoms with Gasteiger partial charge in [-0.15, -0.1) is 0 Å². The molecule has 0 spiro atoms. The van der Waals surface area contributed by atoms with Gasteiger partial charge in [0.1, 0.15) is 6.61 Å². The molecule has 0 aliphatic carbocycles. The van der Waals surface area contributed by atoms with Gasteiger partial charge >= 0.3 is 5.97 Å². The van der Waals surface area contributed by atoms with Gasteiger partial charge in [0.15, 0.2) is 0 Å². The zero-order valence-corrected chi connectivity index (χ0v) is 11.5. The summed E-state index contributed by atoms with van der Waals surface area (Å²) >= 11 is 0. The van der Waals surface area contributed by atoms with Crippen LogP contribution in [0.4, 0.5) is 0 Å². The Balaban J connectivity index is 2.37. The zero-order valence-electron chi connectivity index (χ0n) is 11.5. The quantitative estimate of drug-likeness (QED) is 0.539. The molecule has 1 rings (SSSR count). The van der Waals surface area contributed by atoms with Gasteiger partial charge in [0, 0.05) is 13.3 Å².